The Kier molecular flexibility index (Phi) is 5.34. The number of aromatic amines is 1. The van der Waals surface area contributed by atoms with E-state index in [0.717, 1.165) is 31.4 Å². The molecule has 0 saturated carbocycles. The highest BCUT2D eigenvalue weighted by Crippen LogP contribution is 2.13. The maximum atomic E-state index is 12.0. The van der Waals surface area contributed by atoms with Crippen LogP contribution in [0.25, 0.3) is 0 Å². The van der Waals surface area contributed by atoms with Crippen LogP contribution in [0.4, 0.5) is 5.82 Å². The molecule has 1 heterocycles. The van der Waals surface area contributed by atoms with Crippen molar-refractivity contribution in [3.63, 3.8) is 0 Å². The monoisotopic (exact) mass is 252 g/mol. The molecule has 1 rings (SSSR count). The molecule has 0 aliphatic rings. The molecule has 1 atom stereocenters. The quantitative estimate of drug-likeness (QED) is 0.695. The third kappa shape index (κ3) is 4.14. The second kappa shape index (κ2) is 6.54. The molecule has 1 amide bonds. The number of amides is 1. The van der Waals surface area contributed by atoms with Gasteiger partial charge in [-0.25, -0.2) is 0 Å². The van der Waals surface area contributed by atoms with Crippen molar-refractivity contribution in [1.29, 1.82) is 0 Å². The van der Waals surface area contributed by atoms with E-state index in [0.29, 0.717) is 12.2 Å². The topological polar surface area (TPSA) is 83.8 Å². The molecule has 0 spiro atoms. The number of hydrogen-bond donors (Lipinski definition) is 3. The lowest BCUT2D eigenvalue weighted by molar-refractivity contribution is -0.120. The van der Waals surface area contributed by atoms with Gasteiger partial charge in [0.05, 0.1) is 5.54 Å². The highest BCUT2D eigenvalue weighted by Gasteiger charge is 2.27. The molecule has 5 heteroatoms. The van der Waals surface area contributed by atoms with Crippen LogP contribution in [-0.4, -0.2) is 21.6 Å². The van der Waals surface area contributed by atoms with Crippen LogP contribution in [0.1, 0.15) is 52.1 Å². The van der Waals surface area contributed by atoms with Crippen molar-refractivity contribution in [1.82, 2.24) is 10.2 Å². The molecule has 1 unspecified atom stereocenters. The van der Waals surface area contributed by atoms with Gasteiger partial charge < -0.3 is 11.1 Å². The summed E-state index contributed by atoms with van der Waals surface area (Å²) in [6.45, 7) is 5.90. The number of carbonyl (C=O) groups excluding carboxylic acids is 1. The summed E-state index contributed by atoms with van der Waals surface area (Å²) in [5, 5.41) is 9.75. The summed E-state index contributed by atoms with van der Waals surface area (Å²) in [4.78, 5) is 12.0. The standard InChI is InChI=1S/C13H24N4O/c1-4-6-7-10-9-11(17-16-10)15-12(18)13(3,14)8-5-2/h9H,4-8,14H2,1-3H3,(H2,15,16,17,18). The summed E-state index contributed by atoms with van der Waals surface area (Å²) in [7, 11) is 0. The van der Waals surface area contributed by atoms with Crippen LogP contribution in [0.3, 0.4) is 0 Å². The molecule has 0 aliphatic carbocycles. The van der Waals surface area contributed by atoms with Gasteiger partial charge >= 0.3 is 0 Å². The SMILES string of the molecule is CCCCc1cc(NC(=O)C(C)(N)CCC)n[nH]1. The fraction of sp³-hybridized carbons (Fsp3) is 0.692. The number of nitrogens with zero attached hydrogens (tertiary/aromatic N) is 1. The molecule has 4 N–H and O–H groups in total. The number of unbranched alkanes of at least 4 members (excludes halogenated alkanes) is 1. The van der Waals surface area contributed by atoms with Crippen molar-refractivity contribution in [3.05, 3.63) is 11.8 Å². The third-order valence-corrected chi connectivity index (χ3v) is 2.96. The Morgan fingerprint density at radius 3 is 2.83 bits per heavy atom. The first-order valence-electron chi connectivity index (χ1n) is 6.64. The van der Waals surface area contributed by atoms with Crippen LogP contribution >= 0.6 is 0 Å². The van der Waals surface area contributed by atoms with Gasteiger partial charge in [-0.1, -0.05) is 26.7 Å². The summed E-state index contributed by atoms with van der Waals surface area (Å²) < 4.78 is 0. The van der Waals surface area contributed by atoms with Crippen LogP contribution in [0, 0.1) is 0 Å². The number of carbonyl (C=O) groups is 1. The van der Waals surface area contributed by atoms with E-state index in [9.17, 15) is 4.79 Å². The molecule has 0 aliphatic heterocycles. The van der Waals surface area contributed by atoms with Crippen molar-refractivity contribution in [2.45, 2.75) is 58.4 Å². The van der Waals surface area contributed by atoms with Gasteiger partial charge in [0.15, 0.2) is 5.82 Å². The number of hydrogen-bond acceptors (Lipinski definition) is 3. The van der Waals surface area contributed by atoms with E-state index in [-0.39, 0.29) is 5.91 Å². The second-order valence-corrected chi connectivity index (χ2v) is 5.00. The zero-order valence-corrected chi connectivity index (χ0v) is 11.5. The van der Waals surface area contributed by atoms with Gasteiger partial charge in [0.1, 0.15) is 0 Å². The molecule has 0 radical (unpaired) electrons. The van der Waals surface area contributed by atoms with Gasteiger partial charge in [-0.2, -0.15) is 5.10 Å². The molecule has 0 fully saturated rings. The van der Waals surface area contributed by atoms with Crippen molar-refractivity contribution in [3.8, 4) is 0 Å². The average Bonchev–Trinajstić information content (AvgIpc) is 2.74. The number of aromatic nitrogens is 2. The number of rotatable bonds is 7. The molecule has 18 heavy (non-hydrogen) atoms. The predicted octanol–water partition coefficient (Wildman–Crippen LogP) is 2.21. The Morgan fingerprint density at radius 1 is 1.50 bits per heavy atom. The van der Waals surface area contributed by atoms with Crippen LogP contribution < -0.4 is 11.1 Å². The van der Waals surface area contributed by atoms with E-state index < -0.39 is 5.54 Å². The third-order valence-electron chi connectivity index (χ3n) is 2.96. The summed E-state index contributed by atoms with van der Waals surface area (Å²) in [6, 6.07) is 1.87. The highest BCUT2D eigenvalue weighted by molar-refractivity contribution is 5.96. The summed E-state index contributed by atoms with van der Waals surface area (Å²) in [6.07, 6.45) is 4.74. The molecule has 5 nitrogen and oxygen atoms in total. The Balaban J connectivity index is 2.56. The van der Waals surface area contributed by atoms with Crippen molar-refractivity contribution < 1.29 is 4.79 Å². The fourth-order valence-corrected chi connectivity index (χ4v) is 1.81. The van der Waals surface area contributed by atoms with Gasteiger partial charge in [0.25, 0.3) is 0 Å². The van der Waals surface area contributed by atoms with Crippen LogP contribution in [0.5, 0.6) is 0 Å². The lowest BCUT2D eigenvalue weighted by Crippen LogP contribution is -2.48. The van der Waals surface area contributed by atoms with E-state index in [1.165, 1.54) is 0 Å². The number of aryl methyl sites for hydroxylation is 1. The van der Waals surface area contributed by atoms with Crippen LogP contribution in [0.2, 0.25) is 0 Å². The average molecular weight is 252 g/mol. The molecule has 102 valence electrons. The Hall–Kier alpha value is -1.36. The van der Waals surface area contributed by atoms with Gasteiger partial charge in [-0.05, 0) is 26.2 Å². The largest absolute Gasteiger partial charge is 0.318 e. The van der Waals surface area contributed by atoms with E-state index in [2.05, 4.69) is 22.4 Å². The van der Waals surface area contributed by atoms with Crippen molar-refractivity contribution >= 4 is 11.7 Å². The Labute approximate surface area is 109 Å². The van der Waals surface area contributed by atoms with Crippen molar-refractivity contribution in [2.24, 2.45) is 5.73 Å². The lowest BCUT2D eigenvalue weighted by atomic mass is 9.96. The Morgan fingerprint density at radius 2 is 2.22 bits per heavy atom. The van der Waals surface area contributed by atoms with Gasteiger partial charge in [0.2, 0.25) is 5.91 Å². The first-order chi connectivity index (χ1) is 8.49. The first kappa shape index (κ1) is 14.7. The van der Waals surface area contributed by atoms with E-state index in [4.69, 9.17) is 5.73 Å². The van der Waals surface area contributed by atoms with Crippen LogP contribution in [-0.2, 0) is 11.2 Å². The molecule has 0 bridgehead atoms. The smallest absolute Gasteiger partial charge is 0.245 e. The zero-order chi connectivity index (χ0) is 13.6. The van der Waals surface area contributed by atoms with Gasteiger partial charge in [-0.3, -0.25) is 9.89 Å². The summed E-state index contributed by atoms with van der Waals surface area (Å²) in [5.74, 6) is 0.372. The zero-order valence-electron chi connectivity index (χ0n) is 11.5. The minimum Gasteiger partial charge on any atom is -0.318 e. The minimum atomic E-state index is -0.836. The van der Waals surface area contributed by atoms with E-state index in [1.807, 2.05) is 13.0 Å². The number of anilines is 1. The number of H-pyrrole nitrogens is 1. The van der Waals surface area contributed by atoms with E-state index in [1.54, 1.807) is 6.92 Å². The normalized spacial score (nSPS) is 14.2. The minimum absolute atomic E-state index is 0.183. The Bertz CT molecular complexity index is 384. The highest BCUT2D eigenvalue weighted by atomic mass is 16.2. The molecule has 0 aromatic carbocycles. The molecule has 1 aromatic heterocycles. The molecule has 1 aromatic rings. The first-order valence-corrected chi connectivity index (χ1v) is 6.64. The molecular weight excluding hydrogens is 228 g/mol. The summed E-state index contributed by atoms with van der Waals surface area (Å²) >= 11 is 0. The van der Waals surface area contributed by atoms with Gasteiger partial charge in [-0.15, -0.1) is 0 Å². The number of nitrogens with two attached hydrogens (primary N) is 1. The molecular formula is C13H24N4O. The molecule has 0 saturated heterocycles. The predicted molar refractivity (Wildman–Crippen MR) is 73.3 cm³/mol. The van der Waals surface area contributed by atoms with Crippen molar-refractivity contribution in [2.75, 3.05) is 5.32 Å². The van der Waals surface area contributed by atoms with Crippen LogP contribution in [0.15, 0.2) is 6.07 Å². The lowest BCUT2D eigenvalue weighted by Gasteiger charge is -2.21. The second-order valence-electron chi connectivity index (χ2n) is 5.00. The maximum absolute atomic E-state index is 12.0. The maximum Gasteiger partial charge on any atom is 0.245 e. The fourth-order valence-electron chi connectivity index (χ4n) is 1.81. The van der Waals surface area contributed by atoms with E-state index >= 15 is 0 Å². The number of nitrogens with one attached hydrogen (secondary N) is 2. The van der Waals surface area contributed by atoms with Gasteiger partial charge in [0, 0.05) is 11.8 Å². The summed E-state index contributed by atoms with van der Waals surface area (Å²) in [5.41, 5.74) is 6.16.